The molecular formula is C21H31Cl2N3O3. The fourth-order valence-corrected chi connectivity index (χ4v) is 3.65. The molecule has 0 spiro atoms. The summed E-state index contributed by atoms with van der Waals surface area (Å²) >= 11 is 0. The van der Waals surface area contributed by atoms with Crippen LogP contribution in [0.4, 0.5) is 0 Å². The van der Waals surface area contributed by atoms with Gasteiger partial charge in [-0.2, -0.15) is 0 Å². The second-order valence-corrected chi connectivity index (χ2v) is 7.35. The number of hydrogen-bond acceptors (Lipinski definition) is 5. The Bertz CT molecular complexity index is 741. The van der Waals surface area contributed by atoms with Gasteiger partial charge in [-0.05, 0) is 32.9 Å². The van der Waals surface area contributed by atoms with Crippen molar-refractivity contribution in [2.45, 2.75) is 32.6 Å². The van der Waals surface area contributed by atoms with Crippen LogP contribution in [0.15, 0.2) is 34.7 Å². The summed E-state index contributed by atoms with van der Waals surface area (Å²) in [6, 6.07) is 9.91. The van der Waals surface area contributed by atoms with Crippen LogP contribution in [0.1, 0.15) is 30.8 Å². The molecule has 29 heavy (non-hydrogen) atoms. The summed E-state index contributed by atoms with van der Waals surface area (Å²) in [5.74, 6) is 1.41. The van der Waals surface area contributed by atoms with Crippen LogP contribution in [0.2, 0.25) is 0 Å². The largest absolute Gasteiger partial charge is 0.440 e. The van der Waals surface area contributed by atoms with E-state index < -0.39 is 0 Å². The molecule has 0 aliphatic carbocycles. The molecule has 1 aromatic heterocycles. The first-order valence-electron chi connectivity index (χ1n) is 9.60. The lowest BCUT2D eigenvalue weighted by Gasteiger charge is -2.37. The van der Waals surface area contributed by atoms with E-state index >= 15 is 0 Å². The van der Waals surface area contributed by atoms with Crippen molar-refractivity contribution in [2.75, 3.05) is 33.4 Å². The second kappa shape index (κ2) is 12.2. The lowest BCUT2D eigenvalue weighted by atomic mass is 9.79. The van der Waals surface area contributed by atoms with Crippen LogP contribution in [0.5, 0.6) is 0 Å². The standard InChI is InChI=1S/C21H29N3O3.2ClH/c1-16-20(17-6-4-3-5-7-17)27-19(24-16)9-8-18(25)23-14-21(15-26-2)10-12-22-13-11-21;;/h3-7,22H,8-15H2,1-2H3,(H,23,25);2*1H. The molecule has 1 aliphatic rings. The van der Waals surface area contributed by atoms with Crippen molar-refractivity contribution in [3.8, 4) is 11.3 Å². The minimum Gasteiger partial charge on any atom is -0.440 e. The number of carbonyl (C=O) groups excluding carboxylic acids is 1. The Hall–Kier alpha value is -1.60. The molecule has 8 heteroatoms. The number of halogens is 2. The van der Waals surface area contributed by atoms with Crippen LogP contribution in [0.3, 0.4) is 0 Å². The third-order valence-corrected chi connectivity index (χ3v) is 5.22. The average molecular weight is 444 g/mol. The molecular weight excluding hydrogens is 413 g/mol. The van der Waals surface area contributed by atoms with Gasteiger partial charge < -0.3 is 19.8 Å². The number of benzene rings is 1. The van der Waals surface area contributed by atoms with E-state index in [9.17, 15) is 4.79 Å². The molecule has 0 bridgehead atoms. The molecule has 0 radical (unpaired) electrons. The number of methoxy groups -OCH3 is 1. The summed E-state index contributed by atoms with van der Waals surface area (Å²) in [4.78, 5) is 16.8. The monoisotopic (exact) mass is 443 g/mol. The molecule has 1 fully saturated rings. The zero-order chi connectivity index (χ0) is 19.1. The number of carbonyl (C=O) groups is 1. The minimum absolute atomic E-state index is 0. The number of amides is 1. The number of nitrogens with zero attached hydrogens (tertiary/aromatic N) is 1. The predicted octanol–water partition coefficient (Wildman–Crippen LogP) is 3.56. The highest BCUT2D eigenvalue weighted by atomic mass is 35.5. The Morgan fingerprint density at radius 3 is 2.59 bits per heavy atom. The molecule has 162 valence electrons. The van der Waals surface area contributed by atoms with Gasteiger partial charge in [0.15, 0.2) is 11.7 Å². The maximum atomic E-state index is 12.3. The third kappa shape index (κ3) is 7.00. The maximum Gasteiger partial charge on any atom is 0.220 e. The van der Waals surface area contributed by atoms with Crippen molar-refractivity contribution < 1.29 is 13.9 Å². The minimum atomic E-state index is 0. The molecule has 2 aromatic rings. The van der Waals surface area contributed by atoms with Gasteiger partial charge in [0.1, 0.15) is 0 Å². The molecule has 1 aromatic carbocycles. The summed E-state index contributed by atoms with van der Waals surface area (Å²) in [5, 5.41) is 6.45. The molecule has 1 amide bonds. The molecule has 2 heterocycles. The fourth-order valence-electron chi connectivity index (χ4n) is 3.65. The van der Waals surface area contributed by atoms with Gasteiger partial charge in [0.05, 0.1) is 12.3 Å². The van der Waals surface area contributed by atoms with Crippen LogP contribution >= 0.6 is 24.8 Å². The van der Waals surface area contributed by atoms with Gasteiger partial charge in [-0.3, -0.25) is 4.79 Å². The Kier molecular flexibility index (Phi) is 10.7. The van der Waals surface area contributed by atoms with Gasteiger partial charge in [-0.25, -0.2) is 4.98 Å². The smallest absolute Gasteiger partial charge is 0.220 e. The van der Waals surface area contributed by atoms with Gasteiger partial charge in [0.2, 0.25) is 5.91 Å². The summed E-state index contributed by atoms with van der Waals surface area (Å²) in [5.41, 5.74) is 1.89. The van der Waals surface area contributed by atoms with E-state index in [4.69, 9.17) is 9.15 Å². The quantitative estimate of drug-likeness (QED) is 0.651. The molecule has 0 saturated carbocycles. The highest BCUT2D eigenvalue weighted by Crippen LogP contribution is 2.28. The Morgan fingerprint density at radius 2 is 1.93 bits per heavy atom. The van der Waals surface area contributed by atoms with Crippen LogP contribution in [-0.4, -0.2) is 44.2 Å². The van der Waals surface area contributed by atoms with Gasteiger partial charge >= 0.3 is 0 Å². The van der Waals surface area contributed by atoms with Crippen molar-refractivity contribution in [2.24, 2.45) is 5.41 Å². The first-order valence-corrected chi connectivity index (χ1v) is 9.60. The van der Waals surface area contributed by atoms with E-state index in [1.54, 1.807) is 7.11 Å². The van der Waals surface area contributed by atoms with E-state index in [-0.39, 0.29) is 36.1 Å². The fraction of sp³-hybridized carbons (Fsp3) is 0.524. The summed E-state index contributed by atoms with van der Waals surface area (Å²) in [6.45, 7) is 5.20. The molecule has 3 rings (SSSR count). The number of ether oxygens (including phenoxy) is 1. The van der Waals surface area contributed by atoms with E-state index in [2.05, 4.69) is 15.6 Å². The van der Waals surface area contributed by atoms with Crippen LogP contribution < -0.4 is 10.6 Å². The van der Waals surface area contributed by atoms with Crippen LogP contribution in [0.25, 0.3) is 11.3 Å². The number of hydrogen-bond donors (Lipinski definition) is 2. The lowest BCUT2D eigenvalue weighted by Crippen LogP contribution is -2.47. The average Bonchev–Trinajstić information content (AvgIpc) is 3.07. The Balaban J connectivity index is 0.00000210. The van der Waals surface area contributed by atoms with Gasteiger partial charge in [-0.15, -0.1) is 24.8 Å². The summed E-state index contributed by atoms with van der Waals surface area (Å²) < 4.78 is 11.3. The van der Waals surface area contributed by atoms with Gasteiger partial charge in [-0.1, -0.05) is 30.3 Å². The Labute approximate surface area is 185 Å². The van der Waals surface area contributed by atoms with E-state index in [0.29, 0.717) is 31.9 Å². The third-order valence-electron chi connectivity index (χ3n) is 5.22. The normalized spacial score (nSPS) is 15.1. The number of nitrogens with one attached hydrogen (secondary N) is 2. The maximum absolute atomic E-state index is 12.3. The number of oxazole rings is 1. The predicted molar refractivity (Wildman–Crippen MR) is 119 cm³/mol. The first-order chi connectivity index (χ1) is 13.1. The first kappa shape index (κ1) is 25.4. The topological polar surface area (TPSA) is 76.4 Å². The highest BCUT2D eigenvalue weighted by molar-refractivity contribution is 5.85. The molecule has 0 atom stereocenters. The number of rotatable bonds is 8. The van der Waals surface area contributed by atoms with Crippen molar-refractivity contribution in [3.05, 3.63) is 41.9 Å². The lowest BCUT2D eigenvalue weighted by molar-refractivity contribution is -0.122. The van der Waals surface area contributed by atoms with E-state index in [1.165, 1.54) is 0 Å². The van der Waals surface area contributed by atoms with Crippen molar-refractivity contribution in [1.29, 1.82) is 0 Å². The van der Waals surface area contributed by atoms with Gasteiger partial charge in [0.25, 0.3) is 0 Å². The summed E-state index contributed by atoms with van der Waals surface area (Å²) in [7, 11) is 1.72. The molecule has 1 saturated heterocycles. The molecule has 6 nitrogen and oxygen atoms in total. The zero-order valence-electron chi connectivity index (χ0n) is 17.0. The molecule has 1 aliphatic heterocycles. The van der Waals surface area contributed by atoms with Gasteiger partial charge in [0, 0.05) is 37.5 Å². The number of aryl methyl sites for hydroxylation is 2. The van der Waals surface area contributed by atoms with E-state index in [0.717, 1.165) is 42.9 Å². The van der Waals surface area contributed by atoms with Crippen molar-refractivity contribution in [1.82, 2.24) is 15.6 Å². The number of aromatic nitrogens is 1. The zero-order valence-corrected chi connectivity index (χ0v) is 18.7. The number of piperidine rings is 1. The van der Waals surface area contributed by atoms with Crippen molar-refractivity contribution in [3.63, 3.8) is 0 Å². The Morgan fingerprint density at radius 1 is 1.24 bits per heavy atom. The second-order valence-electron chi connectivity index (χ2n) is 7.35. The SMILES string of the molecule is COCC1(CNC(=O)CCc2nc(C)c(-c3ccccc3)o2)CCNCC1.Cl.Cl. The molecule has 2 N–H and O–H groups in total. The van der Waals surface area contributed by atoms with E-state index in [1.807, 2.05) is 37.3 Å². The van der Waals surface area contributed by atoms with Crippen LogP contribution in [0, 0.1) is 12.3 Å². The van der Waals surface area contributed by atoms with Crippen LogP contribution in [-0.2, 0) is 16.0 Å². The highest BCUT2D eigenvalue weighted by Gasteiger charge is 2.32. The summed E-state index contributed by atoms with van der Waals surface area (Å²) in [6.07, 6.45) is 2.90. The van der Waals surface area contributed by atoms with Crippen molar-refractivity contribution >= 4 is 30.7 Å². The molecule has 0 unspecified atom stereocenters.